The average Bonchev–Trinajstić information content (AvgIpc) is 2.95. The molecule has 0 aromatic heterocycles. The Morgan fingerprint density at radius 1 is 0.775 bits per heavy atom. The van der Waals surface area contributed by atoms with Crippen LogP contribution in [0.2, 0.25) is 5.02 Å². The zero-order chi connectivity index (χ0) is 28.5. The standard InChI is InChI=1S/C30H23ClN4O5/c1-19-6-10-21(11-7-19)30(39)40-24-16-8-20(9-17-24)18-32-35-29(38)28(37)34-26-5-3-2-4-25(26)27(36)33-23-14-12-22(31)13-15-23/h2-18H,1H3,(H,33,36)(H,34,37)(H,35,38)/b32-18+. The van der Waals surface area contributed by atoms with Gasteiger partial charge in [0, 0.05) is 10.7 Å². The van der Waals surface area contributed by atoms with Crippen LogP contribution >= 0.6 is 11.6 Å². The topological polar surface area (TPSA) is 126 Å². The van der Waals surface area contributed by atoms with Gasteiger partial charge in [-0.2, -0.15) is 5.10 Å². The number of carbonyl (C=O) groups excluding carboxylic acids is 4. The van der Waals surface area contributed by atoms with E-state index in [0.29, 0.717) is 27.6 Å². The highest BCUT2D eigenvalue weighted by molar-refractivity contribution is 6.40. The van der Waals surface area contributed by atoms with Gasteiger partial charge in [-0.3, -0.25) is 14.4 Å². The summed E-state index contributed by atoms with van der Waals surface area (Å²) in [4.78, 5) is 49.6. The van der Waals surface area contributed by atoms with Gasteiger partial charge in [-0.15, -0.1) is 0 Å². The number of carbonyl (C=O) groups is 4. The van der Waals surface area contributed by atoms with E-state index in [9.17, 15) is 19.2 Å². The van der Waals surface area contributed by atoms with E-state index in [0.717, 1.165) is 5.56 Å². The number of ether oxygens (including phenoxy) is 1. The summed E-state index contributed by atoms with van der Waals surface area (Å²) in [6.07, 6.45) is 1.32. The molecule has 0 aliphatic rings. The van der Waals surface area contributed by atoms with Crippen LogP contribution in [0.3, 0.4) is 0 Å². The minimum Gasteiger partial charge on any atom is -0.423 e. The third-order valence-electron chi connectivity index (χ3n) is 5.49. The van der Waals surface area contributed by atoms with Gasteiger partial charge >= 0.3 is 17.8 Å². The van der Waals surface area contributed by atoms with Crippen molar-refractivity contribution >= 4 is 52.9 Å². The molecule has 0 radical (unpaired) electrons. The Bertz CT molecular complexity index is 1570. The third kappa shape index (κ3) is 7.62. The molecule has 0 saturated heterocycles. The molecule has 4 aromatic carbocycles. The highest BCUT2D eigenvalue weighted by Gasteiger charge is 2.18. The number of hydrazone groups is 1. The van der Waals surface area contributed by atoms with Crippen LogP contribution in [0.4, 0.5) is 11.4 Å². The maximum Gasteiger partial charge on any atom is 0.343 e. The Kier molecular flexibility index (Phi) is 9.01. The minimum atomic E-state index is -1.03. The quantitative estimate of drug-likeness (QED) is 0.0950. The molecule has 0 aliphatic carbocycles. The average molecular weight is 555 g/mol. The summed E-state index contributed by atoms with van der Waals surface area (Å²) in [5, 5.41) is 9.44. The monoisotopic (exact) mass is 554 g/mol. The highest BCUT2D eigenvalue weighted by Crippen LogP contribution is 2.19. The highest BCUT2D eigenvalue weighted by atomic mass is 35.5. The molecule has 0 fully saturated rings. The van der Waals surface area contributed by atoms with Gasteiger partial charge in [-0.1, -0.05) is 41.4 Å². The van der Waals surface area contributed by atoms with E-state index in [2.05, 4.69) is 21.2 Å². The SMILES string of the molecule is Cc1ccc(C(=O)Oc2ccc(/C=N/NC(=O)C(=O)Nc3ccccc3C(=O)Nc3ccc(Cl)cc3)cc2)cc1. The summed E-state index contributed by atoms with van der Waals surface area (Å²) in [6, 6.07) is 26.2. The van der Waals surface area contributed by atoms with E-state index in [-0.39, 0.29) is 11.3 Å². The first-order valence-corrected chi connectivity index (χ1v) is 12.4. The fourth-order valence-electron chi connectivity index (χ4n) is 3.39. The van der Waals surface area contributed by atoms with Crippen LogP contribution in [0.15, 0.2) is 102 Å². The van der Waals surface area contributed by atoms with Crippen molar-refractivity contribution in [3.63, 3.8) is 0 Å². The molecule has 0 unspecified atom stereocenters. The molecule has 0 bridgehead atoms. The lowest BCUT2D eigenvalue weighted by Crippen LogP contribution is -2.33. The maximum absolute atomic E-state index is 12.7. The van der Waals surface area contributed by atoms with Crippen LogP contribution in [0, 0.1) is 6.92 Å². The number of aryl methyl sites for hydroxylation is 1. The van der Waals surface area contributed by atoms with Gasteiger partial charge in [0.2, 0.25) is 0 Å². The van der Waals surface area contributed by atoms with Crippen molar-refractivity contribution in [2.75, 3.05) is 10.6 Å². The second-order valence-electron chi connectivity index (χ2n) is 8.48. The molecule has 3 N–H and O–H groups in total. The largest absolute Gasteiger partial charge is 0.423 e. The summed E-state index contributed by atoms with van der Waals surface area (Å²) in [5.41, 5.74) is 5.01. The van der Waals surface area contributed by atoms with Gasteiger partial charge < -0.3 is 15.4 Å². The summed E-state index contributed by atoms with van der Waals surface area (Å²) in [5.74, 6) is -2.67. The van der Waals surface area contributed by atoms with Gasteiger partial charge in [0.05, 0.1) is 23.0 Å². The summed E-state index contributed by atoms with van der Waals surface area (Å²) in [7, 11) is 0. The molecule has 0 heterocycles. The van der Waals surface area contributed by atoms with Crippen LogP contribution in [-0.2, 0) is 9.59 Å². The Balaban J connectivity index is 1.30. The first kappa shape index (κ1) is 27.7. The van der Waals surface area contributed by atoms with Crippen LogP contribution in [0.5, 0.6) is 5.75 Å². The number of anilines is 2. The van der Waals surface area contributed by atoms with E-state index >= 15 is 0 Å². The number of hydrogen-bond donors (Lipinski definition) is 3. The van der Waals surface area contributed by atoms with E-state index < -0.39 is 23.7 Å². The summed E-state index contributed by atoms with van der Waals surface area (Å²) < 4.78 is 5.35. The zero-order valence-electron chi connectivity index (χ0n) is 21.2. The molecule has 4 rings (SSSR count). The predicted molar refractivity (Wildman–Crippen MR) is 153 cm³/mol. The number of amides is 3. The van der Waals surface area contributed by atoms with Crippen molar-refractivity contribution < 1.29 is 23.9 Å². The van der Waals surface area contributed by atoms with Crippen molar-refractivity contribution in [3.05, 3.63) is 124 Å². The molecule has 3 amide bonds. The Morgan fingerprint density at radius 2 is 1.45 bits per heavy atom. The molecule has 0 spiro atoms. The van der Waals surface area contributed by atoms with Crippen LogP contribution in [0.25, 0.3) is 0 Å². The lowest BCUT2D eigenvalue weighted by molar-refractivity contribution is -0.136. The normalized spacial score (nSPS) is 10.6. The second kappa shape index (κ2) is 13.0. The number of benzene rings is 4. The molecule has 4 aromatic rings. The van der Waals surface area contributed by atoms with Gasteiger partial charge in [0.1, 0.15) is 5.75 Å². The van der Waals surface area contributed by atoms with Gasteiger partial charge in [0.25, 0.3) is 5.91 Å². The van der Waals surface area contributed by atoms with Gasteiger partial charge in [0.15, 0.2) is 0 Å². The Labute approximate surface area is 234 Å². The van der Waals surface area contributed by atoms with Crippen molar-refractivity contribution in [1.82, 2.24) is 5.43 Å². The molecule has 200 valence electrons. The maximum atomic E-state index is 12.7. The molecule has 10 heteroatoms. The number of halogens is 1. The smallest absolute Gasteiger partial charge is 0.343 e. The first-order valence-electron chi connectivity index (χ1n) is 12.0. The number of para-hydroxylation sites is 1. The first-order chi connectivity index (χ1) is 19.3. The van der Waals surface area contributed by atoms with E-state index in [1.54, 1.807) is 72.8 Å². The number of nitrogens with zero attached hydrogens (tertiary/aromatic N) is 1. The summed E-state index contributed by atoms with van der Waals surface area (Å²) >= 11 is 5.87. The zero-order valence-corrected chi connectivity index (χ0v) is 21.9. The molecule has 0 aliphatic heterocycles. The van der Waals surface area contributed by atoms with Crippen LogP contribution in [-0.4, -0.2) is 29.9 Å². The third-order valence-corrected chi connectivity index (χ3v) is 5.74. The van der Waals surface area contributed by atoms with E-state index in [1.807, 2.05) is 19.1 Å². The van der Waals surface area contributed by atoms with Gasteiger partial charge in [-0.05, 0) is 85.3 Å². The van der Waals surface area contributed by atoms with Crippen LogP contribution in [0.1, 0.15) is 31.8 Å². The number of nitrogens with one attached hydrogen (secondary N) is 3. The lowest BCUT2D eigenvalue weighted by Gasteiger charge is -2.11. The molecular weight excluding hydrogens is 532 g/mol. The Morgan fingerprint density at radius 3 is 2.15 bits per heavy atom. The molecule has 9 nitrogen and oxygen atoms in total. The van der Waals surface area contributed by atoms with Gasteiger partial charge in [-0.25, -0.2) is 10.2 Å². The van der Waals surface area contributed by atoms with Crippen molar-refractivity contribution in [2.24, 2.45) is 5.10 Å². The second-order valence-corrected chi connectivity index (χ2v) is 8.92. The molecule has 0 saturated carbocycles. The summed E-state index contributed by atoms with van der Waals surface area (Å²) in [6.45, 7) is 1.93. The molecular formula is C30H23ClN4O5. The molecule has 40 heavy (non-hydrogen) atoms. The predicted octanol–water partition coefficient (Wildman–Crippen LogP) is 5.21. The van der Waals surface area contributed by atoms with Crippen molar-refractivity contribution in [3.8, 4) is 5.75 Å². The number of rotatable bonds is 7. The van der Waals surface area contributed by atoms with E-state index in [1.165, 1.54) is 18.3 Å². The fraction of sp³-hybridized carbons (Fsp3) is 0.0333. The minimum absolute atomic E-state index is 0.147. The molecule has 0 atom stereocenters. The number of hydrogen-bond acceptors (Lipinski definition) is 6. The lowest BCUT2D eigenvalue weighted by atomic mass is 10.1. The van der Waals surface area contributed by atoms with E-state index in [4.69, 9.17) is 16.3 Å². The van der Waals surface area contributed by atoms with Crippen molar-refractivity contribution in [1.29, 1.82) is 0 Å². The number of esters is 1. The fourth-order valence-corrected chi connectivity index (χ4v) is 3.52. The van der Waals surface area contributed by atoms with Crippen molar-refractivity contribution in [2.45, 2.75) is 6.92 Å². The Hall–Kier alpha value is -5.28. The van der Waals surface area contributed by atoms with Crippen LogP contribution < -0.4 is 20.8 Å².